The fourth-order valence-corrected chi connectivity index (χ4v) is 14.1. The van der Waals surface area contributed by atoms with Gasteiger partial charge in [-0.2, -0.15) is 0 Å². The third kappa shape index (κ3) is 42.6. The Hall–Kier alpha value is 0. The van der Waals surface area contributed by atoms with Crippen LogP contribution in [0.15, 0.2) is 0 Å². The van der Waals surface area contributed by atoms with E-state index in [0.717, 1.165) is 59.2 Å². The average molecular weight is 1180 g/mol. The molecule has 0 aromatic rings. The quantitative estimate of drug-likeness (QED) is 0.212. The molecular weight excluding hydrogens is 997 g/mol. The van der Waals surface area contributed by atoms with Gasteiger partial charge >= 0.3 is 0 Å². The van der Waals surface area contributed by atoms with E-state index in [1.165, 1.54) is 135 Å². The topological polar surface area (TPSA) is 0 Å². The largest absolute Gasteiger partial charge is 0.0776 e. The normalized spacial score (nSPS) is 26.3. The van der Waals surface area contributed by atoms with E-state index in [1.54, 1.807) is 0 Å². The van der Waals surface area contributed by atoms with E-state index in [9.17, 15) is 0 Å². The van der Waals surface area contributed by atoms with Crippen LogP contribution in [-0.4, -0.2) is 0 Å². The monoisotopic (exact) mass is 1180 g/mol. The van der Waals surface area contributed by atoms with Crippen molar-refractivity contribution in [3.63, 3.8) is 0 Å². The molecule has 0 amide bonds. The predicted octanol–water partition coefficient (Wildman–Crippen LogP) is 31.2. The number of hydrogen-bond donors (Lipinski definition) is 0. The van der Waals surface area contributed by atoms with Crippen LogP contribution in [0.4, 0.5) is 0 Å². The summed E-state index contributed by atoms with van der Waals surface area (Å²) >= 11 is 0. The van der Waals surface area contributed by atoms with Crippen molar-refractivity contribution in [1.29, 1.82) is 0 Å². The molecule has 83 heavy (non-hydrogen) atoms. The van der Waals surface area contributed by atoms with Crippen molar-refractivity contribution in [2.75, 3.05) is 0 Å². The lowest BCUT2D eigenvalue weighted by Crippen LogP contribution is -2.32. The predicted molar refractivity (Wildman–Crippen MR) is 397 cm³/mol. The van der Waals surface area contributed by atoms with Crippen molar-refractivity contribution in [3.8, 4) is 0 Å². The second-order valence-corrected chi connectivity index (χ2v) is 36.8. The zero-order chi connectivity index (χ0) is 65.6. The van der Waals surface area contributed by atoms with Gasteiger partial charge in [0.1, 0.15) is 0 Å². The first-order valence-corrected chi connectivity index (χ1v) is 36.6. The summed E-state index contributed by atoms with van der Waals surface area (Å²) in [5, 5.41) is 0. The summed E-state index contributed by atoms with van der Waals surface area (Å²) in [5.74, 6) is 9.49. The van der Waals surface area contributed by atoms with Gasteiger partial charge in [-0.05, 0) is 222 Å². The van der Waals surface area contributed by atoms with E-state index in [0.29, 0.717) is 54.1 Å². The van der Waals surface area contributed by atoms with Crippen LogP contribution in [0.25, 0.3) is 0 Å². The summed E-state index contributed by atoms with van der Waals surface area (Å²) in [6, 6.07) is 0. The molecule has 0 aromatic carbocycles. The van der Waals surface area contributed by atoms with E-state index >= 15 is 0 Å². The first-order chi connectivity index (χ1) is 36.6. The molecule has 0 nitrogen and oxygen atoms in total. The number of hydrogen-bond acceptors (Lipinski definition) is 0. The van der Waals surface area contributed by atoms with Crippen LogP contribution in [-0.2, 0) is 0 Å². The number of rotatable bonds is 0. The first kappa shape index (κ1) is 96.6. The van der Waals surface area contributed by atoms with Gasteiger partial charge in [0.25, 0.3) is 0 Å². The molecular formula is C83H180. The van der Waals surface area contributed by atoms with Crippen molar-refractivity contribution >= 4 is 0 Å². The van der Waals surface area contributed by atoms with Crippen molar-refractivity contribution in [1.82, 2.24) is 0 Å². The van der Waals surface area contributed by atoms with Crippen LogP contribution >= 0.6 is 0 Å². The highest BCUT2D eigenvalue weighted by Crippen LogP contribution is 2.50. The van der Waals surface area contributed by atoms with Crippen LogP contribution in [0.3, 0.4) is 0 Å². The summed E-state index contributed by atoms with van der Waals surface area (Å²) in [4.78, 5) is 0. The Labute approximate surface area is 537 Å². The van der Waals surface area contributed by atoms with Gasteiger partial charge in [0.15, 0.2) is 0 Å². The Bertz CT molecular complexity index is 1300. The Morgan fingerprint density at radius 3 is 0.373 bits per heavy atom. The van der Waals surface area contributed by atoms with E-state index < -0.39 is 0 Å². The maximum absolute atomic E-state index is 2.42. The summed E-state index contributed by atoms with van der Waals surface area (Å²) in [7, 11) is 0. The summed E-state index contributed by atoms with van der Waals surface area (Å²) in [5.41, 5.74) is 5.21. The Morgan fingerprint density at radius 1 is 0.145 bits per heavy atom. The molecule has 0 aromatic heterocycles. The fourth-order valence-electron chi connectivity index (χ4n) is 14.1. The van der Waals surface area contributed by atoms with Gasteiger partial charge in [-0.3, -0.25) is 0 Å². The summed E-state index contributed by atoms with van der Waals surface area (Å²) < 4.78 is 0. The first-order valence-electron chi connectivity index (χ1n) is 36.6. The van der Waals surface area contributed by atoms with Gasteiger partial charge in [-0.25, -0.2) is 0 Å². The van der Waals surface area contributed by atoms with E-state index in [1.807, 2.05) is 69.2 Å². The minimum atomic E-state index is 0. The Balaban J connectivity index is -0.000000166. The summed E-state index contributed by atoms with van der Waals surface area (Å²) in [6.45, 7) is 92.2. The van der Waals surface area contributed by atoms with Crippen LogP contribution < -0.4 is 0 Å². The molecule has 0 heteroatoms. The van der Waals surface area contributed by atoms with Crippen LogP contribution in [0.5, 0.6) is 0 Å². The lowest BCUT2D eigenvalue weighted by atomic mass is 9.63. The molecule has 8 atom stereocenters. The van der Waals surface area contributed by atoms with Crippen molar-refractivity contribution in [3.05, 3.63) is 0 Å². The molecule has 8 unspecified atom stereocenters. The second-order valence-electron chi connectivity index (χ2n) is 36.8. The molecule has 0 heterocycles. The lowest BCUT2D eigenvalue weighted by Gasteiger charge is -2.42. The highest BCUT2D eigenvalue weighted by atomic mass is 14.4. The minimum Gasteiger partial charge on any atom is -0.0776 e. The van der Waals surface area contributed by atoms with E-state index in [4.69, 9.17) is 0 Å². The molecule has 5 saturated carbocycles. The van der Waals surface area contributed by atoms with E-state index in [-0.39, 0.29) is 14.9 Å². The Kier molecular flexibility index (Phi) is 50.8. The zero-order valence-corrected chi connectivity index (χ0v) is 65.6. The molecule has 0 spiro atoms. The maximum Gasteiger partial charge on any atom is -0.0354 e. The van der Waals surface area contributed by atoms with Gasteiger partial charge in [0.05, 0.1) is 0 Å². The van der Waals surface area contributed by atoms with Gasteiger partial charge in [0.2, 0.25) is 0 Å². The summed E-state index contributed by atoms with van der Waals surface area (Å²) in [6.07, 6.45) is 30.5. The van der Waals surface area contributed by atoms with Crippen LogP contribution in [0, 0.1) is 113 Å². The van der Waals surface area contributed by atoms with Gasteiger partial charge in [-0.15, -0.1) is 0 Å². The SMILES string of the molecule is C.C.CC.CC.CC.CC.CC.CC(C)(C)C1CCC(C(C)(C)C)C1.CC(C)(C)C1CCC(C(C)(C)C)CC1.CC(C)(C)C1CCCC(C(C)(C)C)C1.CC(C)(C)C1CCCC(C(C)(C)C)CC1.CC(C)(C)C1CCCCC(C(C)(C)C)C1. The molecule has 0 radical (unpaired) electrons. The van der Waals surface area contributed by atoms with Gasteiger partial charge in [-0.1, -0.05) is 317 Å². The third-order valence-corrected chi connectivity index (χ3v) is 21.0. The average Bonchev–Trinajstić information content (AvgIpc) is 3.54. The van der Waals surface area contributed by atoms with Crippen LogP contribution in [0.2, 0.25) is 0 Å². The third-order valence-electron chi connectivity index (χ3n) is 21.0. The molecule has 0 saturated heterocycles. The zero-order valence-electron chi connectivity index (χ0n) is 65.6. The van der Waals surface area contributed by atoms with Gasteiger partial charge in [0, 0.05) is 0 Å². The second kappa shape index (κ2) is 43.7. The van der Waals surface area contributed by atoms with Gasteiger partial charge < -0.3 is 0 Å². The minimum absolute atomic E-state index is 0. The van der Waals surface area contributed by atoms with Crippen LogP contribution in [0.1, 0.15) is 427 Å². The van der Waals surface area contributed by atoms with Crippen molar-refractivity contribution in [2.24, 2.45) is 113 Å². The lowest BCUT2D eigenvalue weighted by molar-refractivity contribution is 0.0830. The Morgan fingerprint density at radius 2 is 0.241 bits per heavy atom. The standard InChI is InChI=1S/2C15H30.2C14H28.C13H26.5C2H6.2CH4/c1-14(2,3)12-8-7-9-13(11-10-12)15(4,5)6;1-14(2,3)12-9-7-8-10-13(11-12)15(4,5)6;1-13(2,3)11-7-9-12(10-8-11)14(4,5)6;1-13(2,3)11-8-7-9-12(10-11)14(4,5)6;1-12(2,3)10-7-8-11(9-10)13(4,5)6;5*1-2;;/h2*12-13H,7-11H2,1-6H3;2*11-12H,7-10H2,1-6H3;10-11H,7-9H2,1-6H3;5*1-2H3;2*1H4. The molecule has 512 valence electrons. The highest BCUT2D eigenvalue weighted by Gasteiger charge is 2.40. The molecule has 0 N–H and O–H groups in total. The molecule has 0 bridgehead atoms. The molecule has 5 aliphatic rings. The fraction of sp³-hybridized carbons (Fsp3) is 1.00. The molecule has 0 aliphatic heterocycles. The van der Waals surface area contributed by atoms with Crippen molar-refractivity contribution < 1.29 is 0 Å². The van der Waals surface area contributed by atoms with Crippen molar-refractivity contribution in [2.45, 2.75) is 427 Å². The maximum atomic E-state index is 2.42. The smallest absolute Gasteiger partial charge is 0.0354 e. The van der Waals surface area contributed by atoms with E-state index in [2.05, 4.69) is 208 Å². The molecule has 5 fully saturated rings. The highest BCUT2D eigenvalue weighted by molar-refractivity contribution is 4.90. The molecule has 5 rings (SSSR count). The molecule has 5 aliphatic carbocycles.